The van der Waals surface area contributed by atoms with Crippen LogP contribution in [0.3, 0.4) is 0 Å². The normalized spacial score (nSPS) is 14.3. The van der Waals surface area contributed by atoms with E-state index in [1.54, 1.807) is 0 Å². The molecule has 0 fully saturated rings. The molecule has 0 spiro atoms. The van der Waals surface area contributed by atoms with Gasteiger partial charge in [-0.25, -0.2) is 8.42 Å². The maximum Gasteiger partial charge on any atom is 0.460 e. The zero-order valence-corrected chi connectivity index (χ0v) is 25.5. The van der Waals surface area contributed by atoms with Gasteiger partial charge in [-0.05, 0) is 36.4 Å². The van der Waals surface area contributed by atoms with E-state index in [-0.39, 0.29) is 9.93 Å². The van der Waals surface area contributed by atoms with Crippen LogP contribution in [0.1, 0.15) is 0 Å². The molecule has 0 amide bonds. The summed E-state index contributed by atoms with van der Waals surface area (Å²) in [6.45, 7) is 0. The third-order valence-corrected chi connectivity index (χ3v) is 11.0. The van der Waals surface area contributed by atoms with Crippen LogP contribution in [0.4, 0.5) is 74.6 Å². The third kappa shape index (κ3) is 7.58. The first-order valence-electron chi connectivity index (χ1n) is 12.2. The lowest BCUT2D eigenvalue weighted by Gasteiger charge is -2.42. The summed E-state index contributed by atoms with van der Waals surface area (Å²) in [5, 5.41) is -7.95. The summed E-state index contributed by atoms with van der Waals surface area (Å²) in [6.07, 6.45) is -7.89. The molecule has 3 rings (SSSR count). The van der Waals surface area contributed by atoms with Crippen LogP contribution in [0.15, 0.2) is 106 Å². The third-order valence-electron chi connectivity index (χ3n) is 5.84. The number of hydrogen-bond donors (Lipinski definition) is 0. The van der Waals surface area contributed by atoms with Gasteiger partial charge in [0, 0.05) is 0 Å². The second-order valence-electron chi connectivity index (χ2n) is 9.21. The Morgan fingerprint density at radius 2 is 0.735 bits per heavy atom. The van der Waals surface area contributed by atoms with Gasteiger partial charge in [0.25, 0.3) is 0 Å². The van der Waals surface area contributed by atoms with Gasteiger partial charge in [0.05, 0.1) is 4.90 Å². The highest BCUT2D eigenvalue weighted by atomic mass is 33.1. The molecule has 0 atom stereocenters. The maximum atomic E-state index is 13.0. The van der Waals surface area contributed by atoms with Crippen molar-refractivity contribution < 1.29 is 87.6 Å². The molecule has 3 nitrogen and oxygen atoms in total. The van der Waals surface area contributed by atoms with Crippen LogP contribution in [0, 0.1) is 0 Å². The van der Waals surface area contributed by atoms with Crippen molar-refractivity contribution in [3.05, 3.63) is 91.0 Å². The summed E-state index contributed by atoms with van der Waals surface area (Å²) >= 11 is 0. The van der Waals surface area contributed by atoms with E-state index in [9.17, 15) is 87.6 Å². The highest BCUT2D eigenvalue weighted by molar-refractivity contribution is 8.74. The molecule has 23 heteroatoms. The standard InChI is InChI=1S/C18H15S2.C8HF17O3S/c1-4-10-16(11-5-1)19-20(17-12-6-2-7-13-17)18-14-8-3-9-15-18;9-1(10,3(13,14)5(17,18)7(21,22)23)2(11,12)4(15,16)6(19,20)8(24,25)29(26,27)28/h1-15H;(H,26,27,28)/q+1;/p-1. The van der Waals surface area contributed by atoms with Gasteiger partial charge >= 0.3 is 47.0 Å². The van der Waals surface area contributed by atoms with E-state index < -0.39 is 57.1 Å². The minimum atomic E-state index is -8.92. The van der Waals surface area contributed by atoms with Gasteiger partial charge in [0.15, 0.2) is 19.9 Å². The second-order valence-corrected chi connectivity index (χ2v) is 14.2. The second kappa shape index (κ2) is 14.0. The molecule has 0 radical (unpaired) electrons. The van der Waals surface area contributed by atoms with Crippen LogP contribution in [-0.4, -0.2) is 59.9 Å². The van der Waals surface area contributed by atoms with Crippen LogP contribution in [0.25, 0.3) is 0 Å². The molecule has 0 saturated heterocycles. The maximum absolute atomic E-state index is 13.0. The Morgan fingerprint density at radius 1 is 0.449 bits per heavy atom. The number of alkyl halides is 17. The molecule has 0 saturated carbocycles. The highest BCUT2D eigenvalue weighted by Gasteiger charge is 2.95. The smallest absolute Gasteiger partial charge is 0.460 e. The molecule has 3 aromatic rings. The molecule has 3 aromatic carbocycles. The lowest BCUT2D eigenvalue weighted by molar-refractivity contribution is -0.458. The predicted molar refractivity (Wildman–Crippen MR) is 139 cm³/mol. The largest absolute Gasteiger partial charge is 0.743 e. The van der Waals surface area contributed by atoms with Crippen molar-refractivity contribution in [3.8, 4) is 0 Å². The van der Waals surface area contributed by atoms with E-state index in [0.29, 0.717) is 0 Å². The van der Waals surface area contributed by atoms with E-state index in [4.69, 9.17) is 0 Å². The number of benzene rings is 3. The summed E-state index contributed by atoms with van der Waals surface area (Å²) < 4.78 is 244. The van der Waals surface area contributed by atoms with Crippen LogP contribution in [-0.2, 0) is 20.0 Å². The Bertz CT molecular complexity index is 1600. The lowest BCUT2D eigenvalue weighted by Crippen LogP contribution is -2.75. The van der Waals surface area contributed by atoms with Crippen LogP contribution in [0.5, 0.6) is 0 Å². The van der Waals surface area contributed by atoms with Crippen molar-refractivity contribution in [1.29, 1.82) is 0 Å². The number of hydrogen-bond acceptors (Lipinski definition) is 4. The summed E-state index contributed by atoms with van der Waals surface area (Å²) in [4.78, 5) is 4.05. The van der Waals surface area contributed by atoms with Crippen molar-refractivity contribution in [2.45, 2.75) is 61.7 Å². The van der Waals surface area contributed by atoms with E-state index >= 15 is 0 Å². The SMILES string of the molecule is O=S(=O)([O-])C(F)(F)C(F)(F)C(F)(F)C(F)(F)C(F)(F)C(F)(F)C(F)(F)C(F)(F)F.c1ccc(S[S+](c2ccccc2)c2ccccc2)cc1. The lowest BCUT2D eigenvalue weighted by atomic mass is 9.91. The van der Waals surface area contributed by atoms with Gasteiger partial charge in [0.2, 0.25) is 0 Å². The molecule has 0 aromatic heterocycles. The molecule has 0 N–H and O–H groups in total. The molecule has 274 valence electrons. The monoisotopic (exact) mass is 794 g/mol. The van der Waals surface area contributed by atoms with Gasteiger partial charge in [-0.3, -0.25) is 0 Å². The highest BCUT2D eigenvalue weighted by Crippen LogP contribution is 2.64. The first-order valence-corrected chi connectivity index (χ1v) is 16.1. The van der Waals surface area contributed by atoms with Gasteiger partial charge in [-0.1, -0.05) is 54.6 Å². The Labute approximate surface area is 271 Å². The van der Waals surface area contributed by atoms with E-state index in [2.05, 4.69) is 91.0 Å². The van der Waals surface area contributed by atoms with Crippen molar-refractivity contribution >= 4 is 30.8 Å². The first kappa shape index (κ1) is 42.2. The van der Waals surface area contributed by atoms with Crippen molar-refractivity contribution in [3.63, 3.8) is 0 Å². The van der Waals surface area contributed by atoms with Crippen LogP contribution < -0.4 is 0 Å². The average molecular weight is 795 g/mol. The summed E-state index contributed by atoms with van der Waals surface area (Å²) in [5.41, 5.74) is 0. The molecule has 0 heterocycles. The number of rotatable bonds is 11. The minimum Gasteiger partial charge on any atom is -0.743 e. The molecule has 0 aliphatic rings. The van der Waals surface area contributed by atoms with E-state index in [0.717, 1.165) is 0 Å². The zero-order chi connectivity index (χ0) is 38.1. The molecule has 0 unspecified atom stereocenters. The minimum absolute atomic E-state index is 0.0144. The Balaban J connectivity index is 0.000000360. The summed E-state index contributed by atoms with van der Waals surface area (Å²) in [7, 11) is -6.21. The fourth-order valence-corrected chi connectivity index (χ4v) is 7.53. The molecule has 0 aliphatic heterocycles. The fourth-order valence-electron chi connectivity index (χ4n) is 3.20. The first-order chi connectivity index (χ1) is 21.9. The van der Waals surface area contributed by atoms with Gasteiger partial charge in [0.1, 0.15) is 20.7 Å². The Kier molecular flexibility index (Phi) is 12.1. The Morgan fingerprint density at radius 3 is 1.04 bits per heavy atom. The fraction of sp³-hybridized carbons (Fsp3) is 0.308. The quantitative estimate of drug-likeness (QED) is 0.0840. The number of halogens is 17. The van der Waals surface area contributed by atoms with Crippen molar-refractivity contribution in [2.75, 3.05) is 0 Å². The predicted octanol–water partition coefficient (Wildman–Crippen LogP) is 9.93. The molecular formula is C26H15F17O3S3. The van der Waals surface area contributed by atoms with Crippen molar-refractivity contribution in [2.24, 2.45) is 0 Å². The van der Waals surface area contributed by atoms with E-state index in [1.165, 1.54) is 14.7 Å². The molecule has 0 bridgehead atoms. The van der Waals surface area contributed by atoms with Crippen LogP contribution in [0.2, 0.25) is 0 Å². The summed E-state index contributed by atoms with van der Waals surface area (Å²) in [5.74, 6) is -52.1. The Hall–Kier alpha value is -2.92. The molecule has 49 heavy (non-hydrogen) atoms. The van der Waals surface area contributed by atoms with Crippen LogP contribution >= 0.6 is 10.8 Å². The van der Waals surface area contributed by atoms with Gasteiger partial charge in [-0.2, -0.15) is 74.6 Å². The van der Waals surface area contributed by atoms with Gasteiger partial charge in [-0.15, -0.1) is 0 Å². The molecule has 0 aliphatic carbocycles. The average Bonchev–Trinajstić information content (AvgIpc) is 3.00. The van der Waals surface area contributed by atoms with Gasteiger partial charge < -0.3 is 4.55 Å². The summed E-state index contributed by atoms with van der Waals surface area (Å²) in [6, 6.07) is 32.1. The molecular weight excluding hydrogens is 779 g/mol. The van der Waals surface area contributed by atoms with Crippen molar-refractivity contribution in [1.82, 2.24) is 0 Å². The zero-order valence-electron chi connectivity index (χ0n) is 23.0. The van der Waals surface area contributed by atoms with E-state index in [1.807, 2.05) is 10.8 Å². The topological polar surface area (TPSA) is 57.2 Å².